The molecule has 0 fully saturated rings. The molecule has 0 spiro atoms. The number of benzene rings is 2. The Kier molecular flexibility index (Phi) is 6.82. The summed E-state index contributed by atoms with van der Waals surface area (Å²) in [6, 6.07) is 17.7. The fourth-order valence-electron chi connectivity index (χ4n) is 4.19. The Morgan fingerprint density at radius 2 is 1.91 bits per heavy atom. The molecule has 2 aromatic carbocycles. The molecule has 1 N–H and O–H groups in total. The highest BCUT2D eigenvalue weighted by atomic mass is 16.5. The van der Waals surface area contributed by atoms with Crippen molar-refractivity contribution >= 4 is 11.8 Å². The van der Waals surface area contributed by atoms with Crippen LogP contribution < -0.4 is 10.1 Å². The molecule has 1 unspecified atom stereocenters. The lowest BCUT2D eigenvalue weighted by Gasteiger charge is -2.37. The lowest BCUT2D eigenvalue weighted by molar-refractivity contribution is -0.130. The Hall–Kier alpha value is -3.54. The third kappa shape index (κ3) is 5.11. The number of amides is 2. The molecule has 6 heteroatoms. The molecule has 33 heavy (non-hydrogen) atoms. The highest BCUT2D eigenvalue weighted by Gasteiger charge is 2.30. The number of nitrogens with zero attached hydrogens (tertiary/aromatic N) is 1. The number of hydrogen-bond donors (Lipinski definition) is 1. The van der Waals surface area contributed by atoms with Gasteiger partial charge in [0, 0.05) is 20.0 Å². The van der Waals surface area contributed by atoms with Crippen molar-refractivity contribution in [1.29, 1.82) is 0 Å². The lowest BCUT2D eigenvalue weighted by Crippen LogP contribution is -2.39. The zero-order chi connectivity index (χ0) is 23.4. The summed E-state index contributed by atoms with van der Waals surface area (Å²) < 4.78 is 11.6. The summed E-state index contributed by atoms with van der Waals surface area (Å²) in [7, 11) is 0. The van der Waals surface area contributed by atoms with Crippen LogP contribution in [0.1, 0.15) is 64.9 Å². The summed E-state index contributed by atoms with van der Waals surface area (Å²) in [6.45, 7) is 7.19. The predicted molar refractivity (Wildman–Crippen MR) is 126 cm³/mol. The van der Waals surface area contributed by atoms with Crippen molar-refractivity contribution < 1.29 is 18.7 Å². The molecule has 0 radical (unpaired) electrons. The fraction of sp³-hybridized carbons (Fsp3) is 0.333. The Bertz CT molecular complexity index is 1130. The van der Waals surface area contributed by atoms with E-state index in [1.165, 1.54) is 11.1 Å². The number of aryl methyl sites for hydroxylation is 1. The molecule has 2 amide bonds. The van der Waals surface area contributed by atoms with Gasteiger partial charge in [-0.15, -0.1) is 0 Å². The minimum atomic E-state index is -0.220. The average Bonchev–Trinajstić information content (AvgIpc) is 3.30. The zero-order valence-electron chi connectivity index (χ0n) is 19.4. The van der Waals surface area contributed by atoms with Gasteiger partial charge in [0.25, 0.3) is 5.91 Å². The number of furan rings is 1. The molecule has 0 saturated heterocycles. The summed E-state index contributed by atoms with van der Waals surface area (Å²) in [5, 5.41) is 2.80. The van der Waals surface area contributed by atoms with Crippen LogP contribution in [0.15, 0.2) is 59.0 Å². The molecule has 0 bridgehead atoms. The minimum Gasteiger partial charge on any atom is -0.486 e. The van der Waals surface area contributed by atoms with Gasteiger partial charge in [0.15, 0.2) is 5.76 Å². The van der Waals surface area contributed by atoms with Gasteiger partial charge in [0.2, 0.25) is 5.91 Å². The average molecular weight is 447 g/mol. The summed E-state index contributed by atoms with van der Waals surface area (Å²) >= 11 is 0. The minimum absolute atomic E-state index is 0.0574. The van der Waals surface area contributed by atoms with Gasteiger partial charge < -0.3 is 19.4 Å². The second kappa shape index (κ2) is 9.94. The van der Waals surface area contributed by atoms with Crippen LogP contribution in [0, 0.1) is 6.92 Å². The summed E-state index contributed by atoms with van der Waals surface area (Å²) in [5.74, 6) is 1.40. The molecular formula is C27H30N2O4. The Balaban J connectivity index is 1.54. The van der Waals surface area contributed by atoms with E-state index in [1.807, 2.05) is 24.0 Å². The van der Waals surface area contributed by atoms with E-state index in [-0.39, 0.29) is 30.2 Å². The number of fused-ring (bicyclic) bond motifs is 1. The Morgan fingerprint density at radius 3 is 2.64 bits per heavy atom. The Labute approximate surface area is 194 Å². The number of hydrogen-bond acceptors (Lipinski definition) is 4. The maximum atomic E-state index is 12.4. The predicted octanol–water partition coefficient (Wildman–Crippen LogP) is 4.80. The second-order valence-electron chi connectivity index (χ2n) is 8.45. The van der Waals surface area contributed by atoms with Crippen molar-refractivity contribution in [3.63, 3.8) is 0 Å². The maximum Gasteiger partial charge on any atom is 0.286 e. The maximum absolute atomic E-state index is 12.4. The van der Waals surface area contributed by atoms with E-state index < -0.39 is 0 Å². The number of ether oxygens (including phenoxy) is 1. The van der Waals surface area contributed by atoms with Crippen LogP contribution in [0.2, 0.25) is 0 Å². The van der Waals surface area contributed by atoms with E-state index in [0.717, 1.165) is 24.0 Å². The smallest absolute Gasteiger partial charge is 0.286 e. The molecule has 4 rings (SSSR count). The van der Waals surface area contributed by atoms with Gasteiger partial charge in [0.1, 0.15) is 18.1 Å². The first kappa shape index (κ1) is 22.6. The summed E-state index contributed by atoms with van der Waals surface area (Å²) in [6.07, 6.45) is 1.68. The molecule has 1 aliphatic rings. The van der Waals surface area contributed by atoms with Crippen LogP contribution >= 0.6 is 0 Å². The number of rotatable bonds is 7. The van der Waals surface area contributed by atoms with E-state index in [9.17, 15) is 9.59 Å². The number of carbonyl (C=O) groups is 2. The number of carbonyl (C=O) groups excluding carboxylic acids is 2. The fourth-order valence-corrected chi connectivity index (χ4v) is 4.19. The van der Waals surface area contributed by atoms with Crippen LogP contribution in [0.4, 0.5) is 0 Å². The van der Waals surface area contributed by atoms with Crippen molar-refractivity contribution in [2.24, 2.45) is 0 Å². The molecule has 172 valence electrons. The van der Waals surface area contributed by atoms with E-state index >= 15 is 0 Å². The van der Waals surface area contributed by atoms with Crippen LogP contribution in [0.25, 0.3) is 0 Å². The third-order valence-electron chi connectivity index (χ3n) is 5.95. The Morgan fingerprint density at radius 1 is 1.12 bits per heavy atom. The molecule has 1 aliphatic heterocycles. The highest BCUT2D eigenvalue weighted by Crippen LogP contribution is 2.37. The van der Waals surface area contributed by atoms with Crippen LogP contribution in [-0.4, -0.2) is 29.8 Å². The van der Waals surface area contributed by atoms with Gasteiger partial charge >= 0.3 is 0 Å². The van der Waals surface area contributed by atoms with Gasteiger partial charge in [0.05, 0.1) is 6.04 Å². The van der Waals surface area contributed by atoms with Crippen LogP contribution in [-0.2, 0) is 17.8 Å². The van der Waals surface area contributed by atoms with Gasteiger partial charge in [-0.3, -0.25) is 9.59 Å². The number of nitrogens with one attached hydrogen (secondary N) is 1. The molecule has 1 atom stereocenters. The first-order chi connectivity index (χ1) is 16.0. The van der Waals surface area contributed by atoms with Crippen molar-refractivity contribution in [3.8, 4) is 5.75 Å². The molecular weight excluding hydrogens is 416 g/mol. The molecule has 2 heterocycles. The molecule has 0 aliphatic carbocycles. The molecule has 3 aromatic rings. The van der Waals surface area contributed by atoms with Gasteiger partial charge in [-0.1, -0.05) is 42.8 Å². The molecule has 0 saturated carbocycles. The van der Waals surface area contributed by atoms with Crippen LogP contribution in [0.5, 0.6) is 5.75 Å². The third-order valence-corrected chi connectivity index (χ3v) is 5.95. The van der Waals surface area contributed by atoms with E-state index in [4.69, 9.17) is 9.15 Å². The van der Waals surface area contributed by atoms with Crippen molar-refractivity contribution in [2.45, 2.75) is 46.3 Å². The van der Waals surface area contributed by atoms with Gasteiger partial charge in [-0.25, -0.2) is 0 Å². The first-order valence-electron chi connectivity index (χ1n) is 11.4. The quantitative estimate of drug-likeness (QED) is 0.566. The van der Waals surface area contributed by atoms with Gasteiger partial charge in [-0.05, 0) is 60.7 Å². The van der Waals surface area contributed by atoms with E-state index in [2.05, 4.69) is 42.6 Å². The normalized spacial score (nSPS) is 15.1. The molecule has 1 aromatic heterocycles. The van der Waals surface area contributed by atoms with Crippen molar-refractivity contribution in [3.05, 3.63) is 88.4 Å². The monoisotopic (exact) mass is 446 g/mol. The topological polar surface area (TPSA) is 71.8 Å². The van der Waals surface area contributed by atoms with E-state index in [1.54, 1.807) is 19.1 Å². The standard InChI is InChI=1S/C27H30N2O4/c1-4-14-28-27(31)25-12-11-23(33-25)17-32-22-10-9-20-13-15-29(19(3)30)26(24(20)16-22)21-7-5-18(2)6-8-21/h5-12,16,26H,4,13-15,17H2,1-3H3,(H,28,31). The largest absolute Gasteiger partial charge is 0.486 e. The van der Waals surface area contributed by atoms with Gasteiger partial charge in [-0.2, -0.15) is 0 Å². The highest BCUT2D eigenvalue weighted by molar-refractivity contribution is 5.91. The summed E-state index contributed by atoms with van der Waals surface area (Å²) in [5.41, 5.74) is 4.57. The van der Waals surface area contributed by atoms with Crippen molar-refractivity contribution in [2.75, 3.05) is 13.1 Å². The SMILES string of the molecule is CCCNC(=O)c1ccc(COc2ccc3c(c2)C(c2ccc(C)cc2)N(C(C)=O)CC3)o1. The molecule has 6 nitrogen and oxygen atoms in total. The van der Waals surface area contributed by atoms with Crippen LogP contribution in [0.3, 0.4) is 0 Å². The zero-order valence-corrected chi connectivity index (χ0v) is 19.4. The second-order valence-corrected chi connectivity index (χ2v) is 8.45. The van der Waals surface area contributed by atoms with E-state index in [0.29, 0.717) is 24.6 Å². The summed E-state index contributed by atoms with van der Waals surface area (Å²) in [4.78, 5) is 26.4. The lowest BCUT2D eigenvalue weighted by atomic mass is 9.87. The first-order valence-corrected chi connectivity index (χ1v) is 11.4. The van der Waals surface area contributed by atoms with Crippen molar-refractivity contribution in [1.82, 2.24) is 10.2 Å².